The monoisotopic (exact) mass is 568 g/mol. The van der Waals surface area contributed by atoms with Crippen molar-refractivity contribution in [2.75, 3.05) is 19.4 Å². The van der Waals surface area contributed by atoms with E-state index in [0.29, 0.717) is 24.2 Å². The Kier molecular flexibility index (Phi) is 9.99. The van der Waals surface area contributed by atoms with Gasteiger partial charge in [-0.3, -0.25) is 13.9 Å². The highest BCUT2D eigenvalue weighted by molar-refractivity contribution is 7.53. The van der Waals surface area contributed by atoms with E-state index in [1.165, 1.54) is 10.6 Å². The number of rotatable bonds is 13. The zero-order valence-electron chi connectivity index (χ0n) is 22.2. The first-order valence-corrected chi connectivity index (χ1v) is 14.3. The molecule has 0 bridgehead atoms. The lowest BCUT2D eigenvalue weighted by Crippen LogP contribution is -2.40. The summed E-state index contributed by atoms with van der Waals surface area (Å²) in [5, 5.41) is 0. The summed E-state index contributed by atoms with van der Waals surface area (Å²) in [7, 11) is -1.63. The Hall–Kier alpha value is -3.13. The van der Waals surface area contributed by atoms with Gasteiger partial charge in [0.1, 0.15) is 5.82 Å². The molecule has 0 aliphatic rings. The van der Waals surface area contributed by atoms with Gasteiger partial charge in [-0.2, -0.15) is 13.2 Å². The molecular formula is C26H32F3N4O5P. The van der Waals surface area contributed by atoms with E-state index in [0.717, 1.165) is 16.7 Å². The van der Waals surface area contributed by atoms with Crippen molar-refractivity contribution in [3.05, 3.63) is 62.1 Å². The van der Waals surface area contributed by atoms with E-state index in [2.05, 4.69) is 10.9 Å². The molecule has 2 heterocycles. The Morgan fingerprint density at radius 2 is 1.77 bits per heavy atom. The molecule has 0 saturated heterocycles. The van der Waals surface area contributed by atoms with Gasteiger partial charge in [-0.15, -0.1) is 6.42 Å². The second-order valence-corrected chi connectivity index (χ2v) is 11.0. The SMILES string of the molecule is C#CCn1c(=O)c2c(nc(CCc3cccc(C(F)(F)F)c3)n2C)n(CCCCP(=O)(OCC)OCC)c1=O. The summed E-state index contributed by atoms with van der Waals surface area (Å²) >= 11 is 0. The Bertz CT molecular complexity index is 1510. The van der Waals surface area contributed by atoms with Crippen LogP contribution >= 0.6 is 7.60 Å². The number of nitrogens with zero attached hydrogens (tertiary/aromatic N) is 4. The molecule has 0 fully saturated rings. The number of unbranched alkanes of at least 4 members (excludes halogenated alkanes) is 1. The van der Waals surface area contributed by atoms with Gasteiger partial charge in [-0.1, -0.05) is 24.1 Å². The van der Waals surface area contributed by atoms with Crippen LogP contribution in [0.1, 0.15) is 43.6 Å². The molecular weight excluding hydrogens is 536 g/mol. The summed E-state index contributed by atoms with van der Waals surface area (Å²) in [5.41, 5.74) is -1.16. The van der Waals surface area contributed by atoms with Crippen LogP contribution in [0, 0.1) is 12.3 Å². The first-order valence-electron chi connectivity index (χ1n) is 12.6. The lowest BCUT2D eigenvalue weighted by molar-refractivity contribution is -0.137. The van der Waals surface area contributed by atoms with Gasteiger partial charge in [-0.25, -0.2) is 14.3 Å². The van der Waals surface area contributed by atoms with Gasteiger partial charge < -0.3 is 13.6 Å². The normalized spacial score (nSPS) is 12.2. The third-order valence-corrected chi connectivity index (χ3v) is 8.36. The number of imidazole rings is 1. The molecule has 39 heavy (non-hydrogen) atoms. The second-order valence-electron chi connectivity index (χ2n) is 8.86. The molecule has 2 aromatic heterocycles. The largest absolute Gasteiger partial charge is 0.416 e. The zero-order valence-corrected chi connectivity index (χ0v) is 23.1. The molecule has 0 unspecified atom stereocenters. The minimum absolute atomic E-state index is 0.164. The number of hydrogen-bond donors (Lipinski definition) is 0. The van der Waals surface area contributed by atoms with Gasteiger partial charge in [0, 0.05) is 20.0 Å². The maximum Gasteiger partial charge on any atom is 0.416 e. The molecule has 0 aliphatic heterocycles. The van der Waals surface area contributed by atoms with Crippen LogP contribution in [0.15, 0.2) is 33.9 Å². The summed E-state index contributed by atoms with van der Waals surface area (Å²) in [6.45, 7) is 3.87. The van der Waals surface area contributed by atoms with Gasteiger partial charge in [-0.05, 0) is 44.7 Å². The van der Waals surface area contributed by atoms with Crippen LogP contribution in [0.2, 0.25) is 0 Å². The van der Waals surface area contributed by atoms with Crippen LogP contribution in [0.4, 0.5) is 13.2 Å². The van der Waals surface area contributed by atoms with Crippen molar-refractivity contribution in [2.45, 2.75) is 58.8 Å². The molecule has 0 amide bonds. The van der Waals surface area contributed by atoms with Crippen LogP contribution in [-0.4, -0.2) is 38.1 Å². The molecule has 0 aliphatic carbocycles. The van der Waals surface area contributed by atoms with Gasteiger partial charge in [0.15, 0.2) is 11.2 Å². The number of benzene rings is 1. The highest BCUT2D eigenvalue weighted by Gasteiger charge is 2.30. The quantitative estimate of drug-likeness (QED) is 0.173. The zero-order chi connectivity index (χ0) is 28.8. The summed E-state index contributed by atoms with van der Waals surface area (Å²) in [4.78, 5) is 30.9. The van der Waals surface area contributed by atoms with E-state index in [-0.39, 0.29) is 56.5 Å². The predicted octanol–water partition coefficient (Wildman–Crippen LogP) is 4.38. The number of fused-ring (bicyclic) bond motifs is 1. The first-order chi connectivity index (χ1) is 18.5. The Morgan fingerprint density at radius 3 is 2.38 bits per heavy atom. The minimum Gasteiger partial charge on any atom is -0.325 e. The van der Waals surface area contributed by atoms with E-state index in [4.69, 9.17) is 15.5 Å². The van der Waals surface area contributed by atoms with Gasteiger partial charge >= 0.3 is 19.5 Å². The average molecular weight is 569 g/mol. The molecule has 9 nitrogen and oxygen atoms in total. The van der Waals surface area contributed by atoms with Crippen molar-refractivity contribution in [1.82, 2.24) is 18.7 Å². The predicted molar refractivity (Wildman–Crippen MR) is 142 cm³/mol. The van der Waals surface area contributed by atoms with Crippen LogP contribution < -0.4 is 11.2 Å². The minimum atomic E-state index is -4.45. The van der Waals surface area contributed by atoms with Crippen LogP contribution in [0.5, 0.6) is 0 Å². The smallest absolute Gasteiger partial charge is 0.325 e. The summed E-state index contributed by atoms with van der Waals surface area (Å²) in [6, 6.07) is 5.03. The van der Waals surface area contributed by atoms with Gasteiger partial charge in [0.05, 0.1) is 31.5 Å². The molecule has 3 rings (SSSR count). The van der Waals surface area contributed by atoms with Gasteiger partial charge in [0.2, 0.25) is 0 Å². The Morgan fingerprint density at radius 1 is 1.08 bits per heavy atom. The Balaban J connectivity index is 1.92. The van der Waals surface area contributed by atoms with Crippen molar-refractivity contribution in [2.24, 2.45) is 7.05 Å². The number of alkyl halides is 3. The molecule has 13 heteroatoms. The van der Waals surface area contributed by atoms with E-state index >= 15 is 0 Å². The summed E-state index contributed by atoms with van der Waals surface area (Å²) in [6.07, 6.45) is 2.44. The summed E-state index contributed by atoms with van der Waals surface area (Å²) in [5.74, 6) is 2.75. The standard InChI is InChI=1S/C26H32F3N4O5P/c1-5-15-33-24(34)22-23(32(25(33)35)16-8-9-17-39(36,37-6-2)38-7-3)30-21(31(22)4)14-13-19-11-10-12-20(18-19)26(27,28)29/h1,10-12,18H,6-9,13-17H2,2-4H3. The van der Waals surface area contributed by atoms with E-state index in [1.54, 1.807) is 31.5 Å². The third-order valence-electron chi connectivity index (χ3n) is 6.19. The topological polar surface area (TPSA) is 97.3 Å². The molecule has 0 atom stereocenters. The Labute approximate surface area is 224 Å². The lowest BCUT2D eigenvalue weighted by Gasteiger charge is -2.17. The molecule has 0 spiro atoms. The van der Waals surface area contributed by atoms with Crippen LogP contribution in [0.3, 0.4) is 0 Å². The fraction of sp³-hybridized carbons (Fsp3) is 0.500. The second kappa shape index (κ2) is 12.8. The van der Waals surface area contributed by atoms with Crippen molar-refractivity contribution < 1.29 is 26.8 Å². The molecule has 212 valence electrons. The molecule has 0 N–H and O–H groups in total. The number of aryl methyl sites for hydroxylation is 4. The highest BCUT2D eigenvalue weighted by atomic mass is 31.2. The molecule has 0 radical (unpaired) electrons. The number of terminal acetylenes is 1. The lowest BCUT2D eigenvalue weighted by atomic mass is 10.1. The fourth-order valence-corrected chi connectivity index (χ4v) is 6.09. The van der Waals surface area contributed by atoms with Crippen LogP contribution in [-0.2, 0) is 52.8 Å². The van der Waals surface area contributed by atoms with Gasteiger partial charge in [0.25, 0.3) is 5.56 Å². The van der Waals surface area contributed by atoms with E-state index in [9.17, 15) is 27.3 Å². The highest BCUT2D eigenvalue weighted by Crippen LogP contribution is 2.48. The van der Waals surface area contributed by atoms with Crippen molar-refractivity contribution in [3.8, 4) is 12.3 Å². The van der Waals surface area contributed by atoms with E-state index < -0.39 is 30.6 Å². The summed E-state index contributed by atoms with van der Waals surface area (Å²) < 4.78 is 66.5. The van der Waals surface area contributed by atoms with E-state index in [1.807, 2.05) is 0 Å². The van der Waals surface area contributed by atoms with Crippen molar-refractivity contribution in [3.63, 3.8) is 0 Å². The fourth-order valence-electron chi connectivity index (χ4n) is 4.36. The molecule has 3 aromatic rings. The molecule has 1 aromatic carbocycles. The molecule has 0 saturated carbocycles. The maximum absolute atomic E-state index is 13.2. The first kappa shape index (κ1) is 30.4. The average Bonchev–Trinajstić information content (AvgIpc) is 3.20. The third kappa shape index (κ3) is 7.10. The van der Waals surface area contributed by atoms with Crippen molar-refractivity contribution in [1.29, 1.82) is 0 Å². The van der Waals surface area contributed by atoms with Crippen LogP contribution in [0.25, 0.3) is 11.2 Å². The number of halogens is 3. The van der Waals surface area contributed by atoms with Crippen molar-refractivity contribution >= 4 is 18.8 Å². The number of hydrogen-bond acceptors (Lipinski definition) is 6. The number of aromatic nitrogens is 4. The maximum atomic E-state index is 13.2.